The summed E-state index contributed by atoms with van der Waals surface area (Å²) >= 11 is 0. The first-order valence-electron chi connectivity index (χ1n) is 12.1. The number of carbonyl (C=O) groups is 2. The normalized spacial score (nSPS) is 14.4. The minimum Gasteiger partial charge on any atom is -0.486 e. The second kappa shape index (κ2) is 12.1. The Kier molecular flexibility index (Phi) is 9.19. The van der Waals surface area contributed by atoms with Crippen LogP contribution in [0.2, 0.25) is 0 Å². The Hall–Kier alpha value is -3.27. The van der Waals surface area contributed by atoms with Gasteiger partial charge in [-0.25, -0.2) is 8.42 Å². The highest BCUT2D eigenvalue weighted by atomic mass is 32.2. The van der Waals surface area contributed by atoms with E-state index >= 15 is 0 Å². The van der Waals surface area contributed by atoms with Gasteiger partial charge in [-0.3, -0.25) is 13.9 Å². The Balaban J connectivity index is 1.93. The predicted octanol–water partition coefficient (Wildman–Crippen LogP) is 2.95. The van der Waals surface area contributed by atoms with E-state index < -0.39 is 28.5 Å². The van der Waals surface area contributed by atoms with Crippen LogP contribution < -0.4 is 19.1 Å². The van der Waals surface area contributed by atoms with Gasteiger partial charge in [0, 0.05) is 18.7 Å². The molecule has 0 aliphatic carbocycles. The Bertz CT molecular complexity index is 1160. The quantitative estimate of drug-likeness (QED) is 0.491. The van der Waals surface area contributed by atoms with E-state index in [2.05, 4.69) is 5.32 Å². The molecule has 3 rings (SSSR count). The molecule has 196 valence electrons. The molecule has 10 heteroatoms. The number of hydrogen-bond acceptors (Lipinski definition) is 6. The molecule has 1 heterocycles. The summed E-state index contributed by atoms with van der Waals surface area (Å²) in [6, 6.07) is 13.3. The van der Waals surface area contributed by atoms with Crippen molar-refractivity contribution in [2.75, 3.05) is 30.3 Å². The molecule has 36 heavy (non-hydrogen) atoms. The van der Waals surface area contributed by atoms with Gasteiger partial charge in [0.2, 0.25) is 21.8 Å². The molecule has 0 aromatic heterocycles. The highest BCUT2D eigenvalue weighted by Crippen LogP contribution is 2.34. The number of rotatable bonds is 11. The summed E-state index contributed by atoms with van der Waals surface area (Å²) in [6.45, 7) is 6.18. The van der Waals surface area contributed by atoms with Crippen molar-refractivity contribution in [2.45, 2.75) is 52.2 Å². The standard InChI is InChI=1S/C26H35N3O6S/c1-5-19(3)27-26(31)22(6-2)28(17-20-10-8-7-9-11-20)25(30)18-29(36(4,32)33)21-12-13-23-24(16-21)35-15-14-34-23/h7-13,16,19,22H,5-6,14-15,17-18H2,1-4H3,(H,27,31)/t19-,22-/m0/s1. The summed E-state index contributed by atoms with van der Waals surface area (Å²) in [5.41, 5.74) is 1.12. The van der Waals surface area contributed by atoms with Gasteiger partial charge in [-0.2, -0.15) is 0 Å². The zero-order chi connectivity index (χ0) is 26.3. The largest absolute Gasteiger partial charge is 0.486 e. The van der Waals surface area contributed by atoms with Gasteiger partial charge in [0.25, 0.3) is 0 Å². The van der Waals surface area contributed by atoms with Crippen molar-refractivity contribution in [3.05, 3.63) is 54.1 Å². The lowest BCUT2D eigenvalue weighted by Crippen LogP contribution is -2.53. The Morgan fingerprint density at radius 1 is 1.00 bits per heavy atom. The molecule has 2 aromatic carbocycles. The molecular weight excluding hydrogens is 482 g/mol. The van der Waals surface area contributed by atoms with E-state index in [0.717, 1.165) is 22.5 Å². The van der Waals surface area contributed by atoms with Crippen LogP contribution in [0, 0.1) is 0 Å². The molecule has 0 unspecified atom stereocenters. The third-order valence-electron chi connectivity index (χ3n) is 6.08. The topological polar surface area (TPSA) is 105 Å². The second-order valence-corrected chi connectivity index (χ2v) is 10.8. The van der Waals surface area contributed by atoms with Gasteiger partial charge in [-0.15, -0.1) is 0 Å². The van der Waals surface area contributed by atoms with Crippen LogP contribution in [0.1, 0.15) is 39.2 Å². The molecule has 0 saturated carbocycles. The van der Waals surface area contributed by atoms with Gasteiger partial charge >= 0.3 is 0 Å². The number of hydrogen-bond donors (Lipinski definition) is 1. The highest BCUT2D eigenvalue weighted by Gasteiger charge is 2.32. The van der Waals surface area contributed by atoms with Gasteiger partial charge in [0.05, 0.1) is 11.9 Å². The summed E-state index contributed by atoms with van der Waals surface area (Å²) in [5.74, 6) is 0.190. The maximum absolute atomic E-state index is 13.7. The monoisotopic (exact) mass is 517 g/mol. The molecule has 2 aromatic rings. The molecule has 0 saturated heterocycles. The molecule has 9 nitrogen and oxygen atoms in total. The SMILES string of the molecule is CC[C@H](C)NC(=O)[C@H](CC)N(Cc1ccccc1)C(=O)CN(c1ccc2c(c1)OCCO2)S(C)(=O)=O. The van der Waals surface area contributed by atoms with E-state index in [1.54, 1.807) is 18.2 Å². The van der Waals surface area contributed by atoms with E-state index in [0.29, 0.717) is 31.1 Å². The lowest BCUT2D eigenvalue weighted by molar-refractivity contribution is -0.140. The first-order valence-corrected chi connectivity index (χ1v) is 14.0. The maximum Gasteiger partial charge on any atom is 0.244 e. The van der Waals surface area contributed by atoms with Gasteiger partial charge < -0.3 is 19.7 Å². The van der Waals surface area contributed by atoms with Gasteiger partial charge in [0.15, 0.2) is 11.5 Å². The Morgan fingerprint density at radius 2 is 1.67 bits per heavy atom. The van der Waals surface area contributed by atoms with Crippen LogP contribution in [0.4, 0.5) is 5.69 Å². The minimum absolute atomic E-state index is 0.0505. The number of amides is 2. The van der Waals surface area contributed by atoms with Crippen molar-refractivity contribution >= 4 is 27.5 Å². The van der Waals surface area contributed by atoms with E-state index in [1.807, 2.05) is 51.1 Å². The molecule has 1 N–H and O–H groups in total. The van der Waals surface area contributed by atoms with E-state index in [-0.39, 0.29) is 24.2 Å². The zero-order valence-electron chi connectivity index (χ0n) is 21.3. The van der Waals surface area contributed by atoms with Crippen molar-refractivity contribution < 1.29 is 27.5 Å². The molecule has 1 aliphatic rings. The van der Waals surface area contributed by atoms with Gasteiger partial charge in [-0.05, 0) is 37.5 Å². The third kappa shape index (κ3) is 6.90. The number of anilines is 1. The molecule has 1 aliphatic heterocycles. The number of fused-ring (bicyclic) bond motifs is 1. The lowest BCUT2D eigenvalue weighted by atomic mass is 10.1. The van der Waals surface area contributed by atoms with Crippen molar-refractivity contribution in [3.8, 4) is 11.5 Å². The number of sulfonamides is 1. The first kappa shape index (κ1) is 27.3. The van der Waals surface area contributed by atoms with Crippen LogP contribution in [0.15, 0.2) is 48.5 Å². The summed E-state index contributed by atoms with van der Waals surface area (Å²) in [4.78, 5) is 28.3. The summed E-state index contributed by atoms with van der Waals surface area (Å²) in [7, 11) is -3.83. The molecular formula is C26H35N3O6S. The average molecular weight is 518 g/mol. The first-order chi connectivity index (χ1) is 17.1. The average Bonchev–Trinajstić information content (AvgIpc) is 2.86. The molecule has 0 bridgehead atoms. The Labute approximate surface area is 213 Å². The van der Waals surface area contributed by atoms with Crippen molar-refractivity contribution in [3.63, 3.8) is 0 Å². The van der Waals surface area contributed by atoms with E-state index in [1.165, 1.54) is 4.90 Å². The van der Waals surface area contributed by atoms with Crippen LogP contribution in [0.25, 0.3) is 0 Å². The molecule has 0 spiro atoms. The fraction of sp³-hybridized carbons (Fsp3) is 0.462. The van der Waals surface area contributed by atoms with Crippen LogP contribution in [0.3, 0.4) is 0 Å². The number of carbonyl (C=O) groups excluding carboxylic acids is 2. The summed E-state index contributed by atoms with van der Waals surface area (Å²) in [6.07, 6.45) is 2.18. The fourth-order valence-electron chi connectivity index (χ4n) is 3.94. The van der Waals surface area contributed by atoms with Crippen LogP contribution in [-0.4, -0.2) is 63.2 Å². The smallest absolute Gasteiger partial charge is 0.244 e. The molecule has 0 radical (unpaired) electrons. The van der Waals surface area contributed by atoms with E-state index in [9.17, 15) is 18.0 Å². The van der Waals surface area contributed by atoms with Crippen molar-refractivity contribution in [1.82, 2.24) is 10.2 Å². The number of ether oxygens (including phenoxy) is 2. The number of nitrogens with zero attached hydrogens (tertiary/aromatic N) is 2. The lowest BCUT2D eigenvalue weighted by Gasteiger charge is -2.33. The Morgan fingerprint density at radius 3 is 2.28 bits per heavy atom. The summed E-state index contributed by atoms with van der Waals surface area (Å²) in [5, 5.41) is 2.96. The van der Waals surface area contributed by atoms with Crippen LogP contribution >= 0.6 is 0 Å². The highest BCUT2D eigenvalue weighted by molar-refractivity contribution is 7.92. The van der Waals surface area contributed by atoms with Crippen LogP contribution in [0.5, 0.6) is 11.5 Å². The maximum atomic E-state index is 13.7. The van der Waals surface area contributed by atoms with Crippen LogP contribution in [-0.2, 0) is 26.2 Å². The summed E-state index contributed by atoms with van der Waals surface area (Å²) < 4.78 is 37.7. The molecule has 2 atom stereocenters. The molecule has 0 fully saturated rings. The second-order valence-electron chi connectivity index (χ2n) is 8.85. The van der Waals surface area contributed by atoms with Crippen molar-refractivity contribution in [1.29, 1.82) is 0 Å². The number of benzene rings is 2. The van der Waals surface area contributed by atoms with Gasteiger partial charge in [0.1, 0.15) is 25.8 Å². The van der Waals surface area contributed by atoms with E-state index in [4.69, 9.17) is 9.47 Å². The molecule has 2 amide bonds. The van der Waals surface area contributed by atoms with Crippen molar-refractivity contribution in [2.24, 2.45) is 0 Å². The fourth-order valence-corrected chi connectivity index (χ4v) is 4.78. The number of nitrogens with one attached hydrogen (secondary N) is 1. The third-order valence-corrected chi connectivity index (χ3v) is 7.22. The predicted molar refractivity (Wildman–Crippen MR) is 139 cm³/mol. The van der Waals surface area contributed by atoms with Gasteiger partial charge in [-0.1, -0.05) is 44.2 Å². The zero-order valence-corrected chi connectivity index (χ0v) is 22.1. The minimum atomic E-state index is -3.83.